The number of anilines is 1. The molecule has 0 bridgehead atoms. The average molecular weight is 291 g/mol. The number of aryl methyl sites for hydroxylation is 1. The number of fused-ring (bicyclic) bond motifs is 2. The molecule has 0 saturated carbocycles. The molecule has 4 rings (SSSR count). The van der Waals surface area contributed by atoms with Gasteiger partial charge in [0, 0.05) is 12.0 Å². The van der Waals surface area contributed by atoms with Crippen LogP contribution in [0.2, 0.25) is 0 Å². The summed E-state index contributed by atoms with van der Waals surface area (Å²) in [6.07, 6.45) is 2.72. The Morgan fingerprint density at radius 1 is 1.14 bits per heavy atom. The summed E-state index contributed by atoms with van der Waals surface area (Å²) in [5.41, 5.74) is 4.25. The van der Waals surface area contributed by atoms with E-state index in [4.69, 9.17) is 4.74 Å². The van der Waals surface area contributed by atoms with Crippen molar-refractivity contribution in [3.63, 3.8) is 0 Å². The molecule has 1 N–H and O–H groups in total. The van der Waals surface area contributed by atoms with Crippen LogP contribution in [-0.4, -0.2) is 16.6 Å². The molecule has 0 aliphatic carbocycles. The van der Waals surface area contributed by atoms with E-state index in [1.165, 1.54) is 11.1 Å². The molecule has 4 nitrogen and oxygen atoms in total. The molecule has 0 saturated heterocycles. The lowest BCUT2D eigenvalue weighted by atomic mass is 9.98. The second kappa shape index (κ2) is 5.30. The lowest BCUT2D eigenvalue weighted by molar-refractivity contribution is 0.274. The molecule has 1 aromatic heterocycles. The Kier molecular flexibility index (Phi) is 3.15. The van der Waals surface area contributed by atoms with Crippen molar-refractivity contribution in [2.75, 3.05) is 11.9 Å². The van der Waals surface area contributed by atoms with E-state index in [-0.39, 0.29) is 6.04 Å². The first kappa shape index (κ1) is 13.1. The first-order valence-corrected chi connectivity index (χ1v) is 7.51. The Bertz CT molecular complexity index is 831. The number of rotatable bonds is 2. The SMILES string of the molecule is Cc1ccc2c(c1)C(Nc1cnc3ccccc3n1)CCO2. The molecule has 0 radical (unpaired) electrons. The first-order valence-electron chi connectivity index (χ1n) is 7.51. The minimum Gasteiger partial charge on any atom is -0.493 e. The van der Waals surface area contributed by atoms with Crippen LogP contribution in [0.3, 0.4) is 0 Å². The predicted molar refractivity (Wildman–Crippen MR) is 87.2 cm³/mol. The van der Waals surface area contributed by atoms with Gasteiger partial charge < -0.3 is 10.1 Å². The van der Waals surface area contributed by atoms with Crippen molar-refractivity contribution >= 4 is 16.9 Å². The molecular weight excluding hydrogens is 274 g/mol. The number of hydrogen-bond donors (Lipinski definition) is 1. The summed E-state index contributed by atoms with van der Waals surface area (Å²) in [4.78, 5) is 9.11. The Morgan fingerprint density at radius 2 is 2.00 bits per heavy atom. The van der Waals surface area contributed by atoms with Gasteiger partial charge in [0.15, 0.2) is 0 Å². The van der Waals surface area contributed by atoms with Gasteiger partial charge in [-0.1, -0.05) is 29.8 Å². The monoisotopic (exact) mass is 291 g/mol. The Morgan fingerprint density at radius 3 is 2.91 bits per heavy atom. The highest BCUT2D eigenvalue weighted by Crippen LogP contribution is 2.34. The number of nitrogens with one attached hydrogen (secondary N) is 1. The topological polar surface area (TPSA) is 47.0 Å². The molecule has 1 aliphatic heterocycles. The maximum absolute atomic E-state index is 5.74. The number of benzene rings is 2. The zero-order valence-corrected chi connectivity index (χ0v) is 12.4. The molecular formula is C18H17N3O. The van der Waals surface area contributed by atoms with Crippen molar-refractivity contribution < 1.29 is 4.74 Å². The standard InChI is InChI=1S/C18H17N3O/c1-12-6-7-17-13(10-12)14(8-9-22-17)20-18-11-19-15-4-2-3-5-16(15)21-18/h2-7,10-11,14H,8-9H2,1H3,(H,20,21). The largest absolute Gasteiger partial charge is 0.493 e. The molecule has 0 spiro atoms. The van der Waals surface area contributed by atoms with Crippen molar-refractivity contribution in [2.24, 2.45) is 0 Å². The van der Waals surface area contributed by atoms with Gasteiger partial charge in [-0.15, -0.1) is 0 Å². The second-order valence-corrected chi connectivity index (χ2v) is 5.62. The highest BCUT2D eigenvalue weighted by atomic mass is 16.5. The van der Waals surface area contributed by atoms with Gasteiger partial charge in [0.1, 0.15) is 11.6 Å². The van der Waals surface area contributed by atoms with Crippen molar-refractivity contribution in [3.05, 3.63) is 59.8 Å². The van der Waals surface area contributed by atoms with Crippen molar-refractivity contribution in [2.45, 2.75) is 19.4 Å². The van der Waals surface area contributed by atoms with Gasteiger partial charge in [0.25, 0.3) is 0 Å². The molecule has 1 atom stereocenters. The fourth-order valence-electron chi connectivity index (χ4n) is 2.87. The quantitative estimate of drug-likeness (QED) is 0.778. The normalized spacial score (nSPS) is 16.9. The van der Waals surface area contributed by atoms with Crippen LogP contribution in [0, 0.1) is 6.92 Å². The third-order valence-corrected chi connectivity index (χ3v) is 3.98. The first-order chi connectivity index (χ1) is 10.8. The lowest BCUT2D eigenvalue weighted by Crippen LogP contribution is -2.21. The Balaban J connectivity index is 1.67. The molecule has 1 unspecified atom stereocenters. The van der Waals surface area contributed by atoms with Gasteiger partial charge in [0.2, 0.25) is 0 Å². The molecule has 0 fully saturated rings. The second-order valence-electron chi connectivity index (χ2n) is 5.62. The van der Waals surface area contributed by atoms with Crippen LogP contribution in [0.15, 0.2) is 48.7 Å². The maximum atomic E-state index is 5.74. The zero-order chi connectivity index (χ0) is 14.9. The molecule has 4 heteroatoms. The van der Waals surface area contributed by atoms with Crippen LogP contribution in [0.5, 0.6) is 5.75 Å². The molecule has 22 heavy (non-hydrogen) atoms. The highest BCUT2D eigenvalue weighted by Gasteiger charge is 2.21. The number of para-hydroxylation sites is 2. The molecule has 2 heterocycles. The van der Waals surface area contributed by atoms with Crippen LogP contribution < -0.4 is 10.1 Å². The smallest absolute Gasteiger partial charge is 0.145 e. The van der Waals surface area contributed by atoms with Gasteiger partial charge in [-0.3, -0.25) is 4.98 Å². The summed E-state index contributed by atoms with van der Waals surface area (Å²) >= 11 is 0. The van der Waals surface area contributed by atoms with Crippen LogP contribution >= 0.6 is 0 Å². The van der Waals surface area contributed by atoms with E-state index in [0.717, 1.165) is 35.6 Å². The van der Waals surface area contributed by atoms with Crippen molar-refractivity contribution in [3.8, 4) is 5.75 Å². The van der Waals surface area contributed by atoms with E-state index in [9.17, 15) is 0 Å². The molecule has 0 amide bonds. The molecule has 110 valence electrons. The minimum absolute atomic E-state index is 0.208. The van der Waals surface area contributed by atoms with Crippen LogP contribution in [-0.2, 0) is 0 Å². The summed E-state index contributed by atoms with van der Waals surface area (Å²) in [6.45, 7) is 2.82. The van der Waals surface area contributed by atoms with Crippen molar-refractivity contribution in [1.29, 1.82) is 0 Å². The average Bonchev–Trinajstić information content (AvgIpc) is 2.55. The number of nitrogens with zero attached hydrogens (tertiary/aromatic N) is 2. The van der Waals surface area contributed by atoms with Gasteiger partial charge in [-0.25, -0.2) is 4.98 Å². The summed E-state index contributed by atoms with van der Waals surface area (Å²) in [5.74, 6) is 1.76. The van der Waals surface area contributed by atoms with Gasteiger partial charge >= 0.3 is 0 Å². The van der Waals surface area contributed by atoms with Gasteiger partial charge in [-0.2, -0.15) is 0 Å². The zero-order valence-electron chi connectivity index (χ0n) is 12.4. The number of aromatic nitrogens is 2. The third-order valence-electron chi connectivity index (χ3n) is 3.98. The van der Waals surface area contributed by atoms with Gasteiger partial charge in [-0.05, 0) is 25.1 Å². The van der Waals surface area contributed by atoms with E-state index < -0.39 is 0 Å². The minimum atomic E-state index is 0.208. The van der Waals surface area contributed by atoms with E-state index in [1.54, 1.807) is 6.20 Å². The van der Waals surface area contributed by atoms with Crippen LogP contribution in [0.4, 0.5) is 5.82 Å². The van der Waals surface area contributed by atoms with Crippen LogP contribution in [0.25, 0.3) is 11.0 Å². The van der Waals surface area contributed by atoms with Crippen molar-refractivity contribution in [1.82, 2.24) is 9.97 Å². The Hall–Kier alpha value is -2.62. The molecule has 1 aliphatic rings. The van der Waals surface area contributed by atoms with E-state index >= 15 is 0 Å². The van der Waals surface area contributed by atoms with Gasteiger partial charge in [0.05, 0.1) is 29.9 Å². The number of hydrogen-bond acceptors (Lipinski definition) is 4. The molecule has 2 aromatic carbocycles. The summed E-state index contributed by atoms with van der Waals surface area (Å²) in [7, 11) is 0. The van der Waals surface area contributed by atoms with E-state index in [2.05, 4.69) is 34.3 Å². The van der Waals surface area contributed by atoms with E-state index in [1.807, 2.05) is 30.3 Å². The fourth-order valence-corrected chi connectivity index (χ4v) is 2.87. The van der Waals surface area contributed by atoms with Crippen LogP contribution in [0.1, 0.15) is 23.6 Å². The Labute approximate surface area is 129 Å². The highest BCUT2D eigenvalue weighted by molar-refractivity contribution is 5.75. The lowest BCUT2D eigenvalue weighted by Gasteiger charge is -2.27. The summed E-state index contributed by atoms with van der Waals surface area (Å²) in [6, 6.07) is 14.4. The third kappa shape index (κ3) is 2.37. The maximum Gasteiger partial charge on any atom is 0.145 e. The number of ether oxygens (including phenoxy) is 1. The predicted octanol–water partition coefficient (Wildman–Crippen LogP) is 3.87. The van der Waals surface area contributed by atoms with E-state index in [0.29, 0.717) is 0 Å². The fraction of sp³-hybridized carbons (Fsp3) is 0.222. The molecule has 3 aromatic rings. The summed E-state index contributed by atoms with van der Waals surface area (Å²) < 4.78 is 5.74. The summed E-state index contributed by atoms with van der Waals surface area (Å²) in [5, 5.41) is 3.50.